The summed E-state index contributed by atoms with van der Waals surface area (Å²) in [5, 5.41) is 19.5. The Hall–Kier alpha value is -1.37. The zero-order valence-corrected chi connectivity index (χ0v) is 9.99. The van der Waals surface area contributed by atoms with E-state index < -0.39 is 23.9 Å². The summed E-state index contributed by atoms with van der Waals surface area (Å²) >= 11 is 0. The number of hydrogen-bond donors (Lipinski definition) is 2. The summed E-state index contributed by atoms with van der Waals surface area (Å²) < 4.78 is 15.7. The van der Waals surface area contributed by atoms with Crippen LogP contribution >= 0.6 is 0 Å². The number of hydrogen-bond acceptors (Lipinski definition) is 6. The summed E-state index contributed by atoms with van der Waals surface area (Å²) in [6, 6.07) is 1.55. The minimum absolute atomic E-state index is 0.0164. The summed E-state index contributed by atoms with van der Waals surface area (Å²) in [6.45, 7) is 3.49. The van der Waals surface area contributed by atoms with Crippen molar-refractivity contribution in [2.24, 2.45) is 0 Å². The van der Waals surface area contributed by atoms with Crippen LogP contribution in [0.4, 0.5) is 0 Å². The summed E-state index contributed by atoms with van der Waals surface area (Å²) in [5.41, 5.74) is -0.721. The van der Waals surface area contributed by atoms with Crippen molar-refractivity contribution in [3.05, 3.63) is 27.8 Å². The Morgan fingerprint density at radius 2 is 1.89 bits per heavy atom. The molecule has 18 heavy (non-hydrogen) atoms. The first-order valence-electron chi connectivity index (χ1n) is 5.85. The molecule has 6 nitrogen and oxygen atoms in total. The van der Waals surface area contributed by atoms with E-state index in [9.17, 15) is 15.0 Å². The quantitative estimate of drug-likeness (QED) is 0.699. The number of epoxide rings is 1. The summed E-state index contributed by atoms with van der Waals surface area (Å²) in [4.78, 5) is 11.8. The van der Waals surface area contributed by atoms with Crippen LogP contribution in [-0.2, 0) is 4.74 Å². The summed E-state index contributed by atoms with van der Waals surface area (Å²) in [7, 11) is 0. The van der Waals surface area contributed by atoms with E-state index in [1.165, 1.54) is 0 Å². The Morgan fingerprint density at radius 1 is 1.22 bits per heavy atom. The fraction of sp³-hybridized carbons (Fsp3) is 0.583. The van der Waals surface area contributed by atoms with E-state index in [0.717, 1.165) is 0 Å². The Balaban J connectivity index is 2.07. The van der Waals surface area contributed by atoms with Crippen LogP contribution in [0.25, 0.3) is 0 Å². The minimum atomic E-state index is -1.29. The second-order valence-corrected chi connectivity index (χ2v) is 4.73. The number of aliphatic hydroxyl groups excluding tert-OH is 2. The Bertz CT molecular complexity index is 536. The molecule has 0 aromatic carbocycles. The lowest BCUT2D eigenvalue weighted by atomic mass is 9.98. The topological polar surface area (TPSA) is 92.4 Å². The molecule has 2 aliphatic heterocycles. The number of aliphatic hydroxyl groups is 2. The van der Waals surface area contributed by atoms with Crippen LogP contribution in [0.15, 0.2) is 15.3 Å². The van der Waals surface area contributed by atoms with Gasteiger partial charge >= 0.3 is 5.63 Å². The van der Waals surface area contributed by atoms with Crippen molar-refractivity contribution < 1.29 is 24.1 Å². The van der Waals surface area contributed by atoms with Gasteiger partial charge in [0.25, 0.3) is 0 Å². The third kappa shape index (κ3) is 1.65. The summed E-state index contributed by atoms with van der Waals surface area (Å²) in [6.07, 6.45) is -3.22. The molecule has 2 unspecified atom stereocenters. The number of rotatable bonds is 1. The number of fused-ring (bicyclic) bond motifs is 1. The highest BCUT2D eigenvalue weighted by molar-refractivity contribution is 5.37. The molecule has 0 amide bonds. The van der Waals surface area contributed by atoms with E-state index in [2.05, 4.69) is 0 Å². The third-order valence-corrected chi connectivity index (χ3v) is 3.37. The van der Waals surface area contributed by atoms with Crippen molar-refractivity contribution in [3.63, 3.8) is 0 Å². The lowest BCUT2D eigenvalue weighted by molar-refractivity contribution is -0.0637. The molecular weight excluding hydrogens is 240 g/mol. The van der Waals surface area contributed by atoms with Crippen LogP contribution in [0, 0.1) is 0 Å². The van der Waals surface area contributed by atoms with Gasteiger partial charge in [0.15, 0.2) is 0 Å². The first-order valence-corrected chi connectivity index (χ1v) is 5.85. The van der Waals surface area contributed by atoms with Crippen LogP contribution < -0.4 is 10.4 Å². The first kappa shape index (κ1) is 11.7. The van der Waals surface area contributed by atoms with Crippen LogP contribution in [0.2, 0.25) is 0 Å². The minimum Gasteiger partial charge on any atom is -0.487 e. The van der Waals surface area contributed by atoms with E-state index in [0.29, 0.717) is 5.76 Å². The lowest BCUT2D eigenvalue weighted by Crippen LogP contribution is -2.41. The van der Waals surface area contributed by atoms with Crippen molar-refractivity contribution in [2.75, 3.05) is 0 Å². The normalized spacial score (nSPS) is 37.9. The zero-order chi connectivity index (χ0) is 13.0. The highest BCUT2D eigenvalue weighted by Gasteiger charge is 2.42. The van der Waals surface area contributed by atoms with Gasteiger partial charge in [0.05, 0.1) is 6.10 Å². The first-order chi connectivity index (χ1) is 8.49. The summed E-state index contributed by atoms with van der Waals surface area (Å²) in [5.74, 6) is 0.649. The highest BCUT2D eigenvalue weighted by Crippen LogP contribution is 2.41. The molecule has 0 spiro atoms. The molecule has 2 N–H and O–H groups in total. The van der Waals surface area contributed by atoms with Crippen LogP contribution in [-0.4, -0.2) is 28.5 Å². The van der Waals surface area contributed by atoms with Gasteiger partial charge in [0, 0.05) is 6.07 Å². The second-order valence-electron chi connectivity index (χ2n) is 4.73. The lowest BCUT2D eigenvalue weighted by Gasteiger charge is -2.31. The molecule has 6 heteroatoms. The molecule has 1 fully saturated rings. The number of ether oxygens (including phenoxy) is 2. The van der Waals surface area contributed by atoms with Gasteiger partial charge in [-0.05, 0) is 13.8 Å². The molecule has 98 valence electrons. The van der Waals surface area contributed by atoms with Gasteiger partial charge in [0.2, 0.25) is 0 Å². The molecular formula is C12H14O6. The van der Waals surface area contributed by atoms with Crippen molar-refractivity contribution in [3.8, 4) is 5.75 Å². The van der Waals surface area contributed by atoms with Gasteiger partial charge in [-0.15, -0.1) is 0 Å². The van der Waals surface area contributed by atoms with Gasteiger partial charge in [-0.25, -0.2) is 4.79 Å². The molecule has 0 aliphatic carbocycles. The molecule has 1 aromatic rings. The Labute approximate surface area is 103 Å². The molecule has 1 saturated heterocycles. The average Bonchev–Trinajstić information content (AvgIpc) is 3.02. The van der Waals surface area contributed by atoms with E-state index in [1.54, 1.807) is 13.0 Å². The van der Waals surface area contributed by atoms with E-state index in [4.69, 9.17) is 13.9 Å². The largest absolute Gasteiger partial charge is 0.487 e. The average molecular weight is 254 g/mol. The molecule has 0 saturated carbocycles. The van der Waals surface area contributed by atoms with E-state index in [1.807, 2.05) is 6.92 Å². The zero-order valence-electron chi connectivity index (χ0n) is 9.99. The molecule has 3 heterocycles. The maximum Gasteiger partial charge on any atom is 0.345 e. The van der Waals surface area contributed by atoms with Gasteiger partial charge in [-0.2, -0.15) is 0 Å². The fourth-order valence-corrected chi connectivity index (χ4v) is 2.18. The van der Waals surface area contributed by atoms with Crippen LogP contribution in [0.1, 0.15) is 37.4 Å². The predicted octanol–water partition coefficient (Wildman–Crippen LogP) is 0.275. The van der Waals surface area contributed by atoms with Crippen molar-refractivity contribution in [1.29, 1.82) is 0 Å². The highest BCUT2D eigenvalue weighted by atomic mass is 16.6. The van der Waals surface area contributed by atoms with Gasteiger partial charge in [-0.1, -0.05) is 0 Å². The molecule has 0 radical (unpaired) electrons. The third-order valence-electron chi connectivity index (χ3n) is 3.37. The van der Waals surface area contributed by atoms with Crippen molar-refractivity contribution in [2.45, 2.75) is 44.4 Å². The SMILES string of the molecule is CC1OC1c1cc2c(c(=O)o1)[C@H](O)[C@H](O)[C@H](C)O2. The Kier molecular flexibility index (Phi) is 2.48. The van der Waals surface area contributed by atoms with Crippen molar-refractivity contribution in [1.82, 2.24) is 0 Å². The standard InChI is InChI=1S/C12H14O6/c1-4-9(13)10(14)8-6(16-4)3-7(18-12(8)15)11-5(2)17-11/h3-5,9-11,13-14H,1-2H3/t4-,5?,9+,10-,11?/m0/s1. The molecule has 0 bridgehead atoms. The van der Waals surface area contributed by atoms with E-state index in [-0.39, 0.29) is 23.5 Å². The monoisotopic (exact) mass is 254 g/mol. The smallest absolute Gasteiger partial charge is 0.345 e. The molecule has 2 aliphatic rings. The van der Waals surface area contributed by atoms with Gasteiger partial charge in [0.1, 0.15) is 41.5 Å². The van der Waals surface area contributed by atoms with Crippen LogP contribution in [0.5, 0.6) is 5.75 Å². The fourth-order valence-electron chi connectivity index (χ4n) is 2.18. The van der Waals surface area contributed by atoms with E-state index >= 15 is 0 Å². The van der Waals surface area contributed by atoms with Gasteiger partial charge < -0.3 is 24.1 Å². The maximum atomic E-state index is 11.8. The van der Waals surface area contributed by atoms with Gasteiger partial charge in [-0.3, -0.25) is 0 Å². The predicted molar refractivity (Wildman–Crippen MR) is 59.3 cm³/mol. The van der Waals surface area contributed by atoms with Crippen molar-refractivity contribution >= 4 is 0 Å². The second kappa shape index (κ2) is 3.81. The molecule has 3 rings (SSSR count). The molecule has 1 aromatic heterocycles. The van der Waals surface area contributed by atoms with Crippen LogP contribution in [0.3, 0.4) is 0 Å². The maximum absolute atomic E-state index is 11.8. The Morgan fingerprint density at radius 3 is 2.50 bits per heavy atom. The molecule has 5 atom stereocenters.